The van der Waals surface area contributed by atoms with Gasteiger partial charge in [0.2, 0.25) is 0 Å². The number of hydrogen-bond acceptors (Lipinski definition) is 5. The second-order valence-corrected chi connectivity index (χ2v) is 8.35. The Hall–Kier alpha value is -0.100. The van der Waals surface area contributed by atoms with Crippen LogP contribution in [0.2, 0.25) is 0 Å². The van der Waals surface area contributed by atoms with Crippen LogP contribution >= 0.6 is 11.8 Å². The summed E-state index contributed by atoms with van der Waals surface area (Å²) in [4.78, 5) is 14.5. The van der Waals surface area contributed by atoms with Gasteiger partial charge in [-0.3, -0.25) is 9.69 Å². The van der Waals surface area contributed by atoms with E-state index >= 15 is 0 Å². The summed E-state index contributed by atoms with van der Waals surface area (Å²) in [5.41, 5.74) is 6.89. The third kappa shape index (κ3) is 4.20. The molecular weight excluding hydrogens is 270 g/mol. The molecule has 0 bridgehead atoms. The Balaban J connectivity index is 1.72. The van der Waals surface area contributed by atoms with Crippen LogP contribution in [0.5, 0.6) is 0 Å². The monoisotopic (exact) mass is 299 g/mol. The normalized spacial score (nSPS) is 32.5. The zero-order valence-electron chi connectivity index (χ0n) is 13.2. The van der Waals surface area contributed by atoms with E-state index in [-0.39, 0.29) is 5.50 Å². The van der Waals surface area contributed by atoms with Crippen LogP contribution in [0.1, 0.15) is 46.5 Å². The van der Waals surface area contributed by atoms with Gasteiger partial charge in [0, 0.05) is 5.92 Å². The highest BCUT2D eigenvalue weighted by molar-refractivity contribution is 8.00. The Bertz CT molecular complexity index is 335. The molecule has 2 fully saturated rings. The molecule has 5 heteroatoms. The predicted octanol–water partition coefficient (Wildman–Crippen LogP) is 2.42. The van der Waals surface area contributed by atoms with Crippen molar-refractivity contribution in [3.05, 3.63) is 0 Å². The minimum absolute atomic E-state index is 0.227. The third-order valence-electron chi connectivity index (χ3n) is 4.75. The maximum atomic E-state index is 12.3. The van der Waals surface area contributed by atoms with Gasteiger partial charge < -0.3 is 0 Å². The molecule has 0 aromatic heterocycles. The first kappa shape index (κ1) is 16.3. The van der Waals surface area contributed by atoms with Crippen LogP contribution < -0.4 is 10.9 Å². The standard InChI is InChI=1S/C15H29N3OS/c1-15(2,3)12-7-5-11(6-8-12)13(19)9-20-14-17-16-10-18(14)4/h11-12,14,16-17H,5-10H2,1-4H3. The van der Waals surface area contributed by atoms with Crippen molar-refractivity contribution in [3.8, 4) is 0 Å². The average Bonchev–Trinajstić information content (AvgIpc) is 2.81. The highest BCUT2D eigenvalue weighted by Gasteiger charge is 2.32. The molecule has 1 aliphatic heterocycles. The molecule has 0 amide bonds. The number of hydrogen-bond donors (Lipinski definition) is 2. The first-order valence-electron chi connectivity index (χ1n) is 7.71. The van der Waals surface area contributed by atoms with E-state index in [1.54, 1.807) is 11.8 Å². The first-order chi connectivity index (χ1) is 9.38. The summed E-state index contributed by atoms with van der Waals surface area (Å²) < 4.78 is 0. The quantitative estimate of drug-likeness (QED) is 0.835. The van der Waals surface area contributed by atoms with Crippen LogP contribution in [0.3, 0.4) is 0 Å². The predicted molar refractivity (Wildman–Crippen MR) is 85.1 cm³/mol. The minimum Gasteiger partial charge on any atom is -0.298 e. The van der Waals surface area contributed by atoms with Gasteiger partial charge in [-0.05, 0) is 44.1 Å². The van der Waals surface area contributed by atoms with Gasteiger partial charge in [0.15, 0.2) is 0 Å². The lowest BCUT2D eigenvalue weighted by molar-refractivity contribution is -0.121. The second kappa shape index (κ2) is 6.77. The summed E-state index contributed by atoms with van der Waals surface area (Å²) in [6, 6.07) is 0. The number of nitrogens with zero attached hydrogens (tertiary/aromatic N) is 1. The topological polar surface area (TPSA) is 44.4 Å². The van der Waals surface area contributed by atoms with Crippen molar-refractivity contribution in [1.29, 1.82) is 0 Å². The average molecular weight is 299 g/mol. The van der Waals surface area contributed by atoms with Gasteiger partial charge in [-0.15, -0.1) is 11.8 Å². The van der Waals surface area contributed by atoms with Gasteiger partial charge in [-0.2, -0.15) is 0 Å². The molecule has 0 radical (unpaired) electrons. The molecule has 0 aromatic rings. The summed E-state index contributed by atoms with van der Waals surface area (Å²) in [6.07, 6.45) is 4.61. The van der Waals surface area contributed by atoms with Crippen LogP contribution in [0.15, 0.2) is 0 Å². The molecule has 4 nitrogen and oxygen atoms in total. The van der Waals surface area contributed by atoms with Crippen LogP contribution in [-0.2, 0) is 4.79 Å². The van der Waals surface area contributed by atoms with Crippen LogP contribution in [0.25, 0.3) is 0 Å². The van der Waals surface area contributed by atoms with Gasteiger partial charge in [0.1, 0.15) is 11.3 Å². The second-order valence-electron chi connectivity index (χ2n) is 7.28. The highest BCUT2D eigenvalue weighted by Crippen LogP contribution is 2.40. The number of carbonyl (C=O) groups excluding carboxylic acids is 1. The summed E-state index contributed by atoms with van der Waals surface area (Å²) in [7, 11) is 2.06. The van der Waals surface area contributed by atoms with E-state index in [9.17, 15) is 4.79 Å². The number of nitrogens with one attached hydrogen (secondary N) is 2. The fourth-order valence-corrected chi connectivity index (χ4v) is 4.23. The highest BCUT2D eigenvalue weighted by atomic mass is 32.2. The smallest absolute Gasteiger partial charge is 0.145 e. The van der Waals surface area contributed by atoms with E-state index in [1.807, 2.05) is 0 Å². The van der Waals surface area contributed by atoms with Crippen LogP contribution in [0, 0.1) is 17.3 Å². The van der Waals surface area contributed by atoms with Gasteiger partial charge >= 0.3 is 0 Å². The van der Waals surface area contributed by atoms with Gasteiger partial charge in [0.05, 0.1) is 12.4 Å². The number of Topliss-reactive ketones (excluding diaryl/α,β-unsaturated/α-hetero) is 1. The lowest BCUT2D eigenvalue weighted by atomic mass is 9.69. The minimum atomic E-state index is 0.227. The molecule has 2 N–H and O–H groups in total. The number of thioether (sulfide) groups is 1. The van der Waals surface area contributed by atoms with Crippen molar-refractivity contribution in [2.75, 3.05) is 19.5 Å². The van der Waals surface area contributed by atoms with Crippen LogP contribution in [-0.4, -0.2) is 35.7 Å². The van der Waals surface area contributed by atoms with Crippen molar-refractivity contribution in [2.24, 2.45) is 17.3 Å². The first-order valence-corrected chi connectivity index (χ1v) is 8.76. The van der Waals surface area contributed by atoms with Crippen molar-refractivity contribution in [3.63, 3.8) is 0 Å². The Labute approximate surface area is 127 Å². The Morgan fingerprint density at radius 3 is 2.40 bits per heavy atom. The molecule has 2 rings (SSSR count). The summed E-state index contributed by atoms with van der Waals surface area (Å²) in [5.74, 6) is 2.17. The number of ketones is 1. The zero-order valence-corrected chi connectivity index (χ0v) is 14.1. The molecule has 20 heavy (non-hydrogen) atoms. The van der Waals surface area contributed by atoms with E-state index in [4.69, 9.17) is 0 Å². The summed E-state index contributed by atoms with van der Waals surface area (Å²) in [6.45, 7) is 7.81. The maximum Gasteiger partial charge on any atom is 0.145 e. The molecule has 116 valence electrons. The molecule has 0 aromatic carbocycles. The van der Waals surface area contributed by atoms with Gasteiger partial charge in [0.25, 0.3) is 0 Å². The zero-order chi connectivity index (χ0) is 14.8. The maximum absolute atomic E-state index is 12.3. The van der Waals surface area contributed by atoms with Crippen molar-refractivity contribution >= 4 is 17.5 Å². The molecule has 1 heterocycles. The van der Waals surface area contributed by atoms with Crippen molar-refractivity contribution < 1.29 is 4.79 Å². The lowest BCUT2D eigenvalue weighted by Crippen LogP contribution is -2.34. The van der Waals surface area contributed by atoms with Crippen molar-refractivity contribution in [1.82, 2.24) is 15.8 Å². The van der Waals surface area contributed by atoms with E-state index in [1.165, 1.54) is 12.8 Å². The Morgan fingerprint density at radius 1 is 1.25 bits per heavy atom. The summed E-state index contributed by atoms with van der Waals surface area (Å²) >= 11 is 1.70. The molecule has 2 aliphatic rings. The number of carbonyl (C=O) groups is 1. The molecule has 1 atom stereocenters. The van der Waals surface area contributed by atoms with Crippen molar-refractivity contribution in [2.45, 2.75) is 52.0 Å². The number of hydrazine groups is 1. The van der Waals surface area contributed by atoms with E-state index in [2.05, 4.69) is 43.6 Å². The van der Waals surface area contributed by atoms with Crippen LogP contribution in [0.4, 0.5) is 0 Å². The molecule has 0 spiro atoms. The molecule has 1 saturated carbocycles. The van der Waals surface area contributed by atoms with Gasteiger partial charge in [-0.1, -0.05) is 20.8 Å². The third-order valence-corrected chi connectivity index (χ3v) is 5.99. The molecule has 1 unspecified atom stereocenters. The fraction of sp³-hybridized carbons (Fsp3) is 0.933. The number of rotatable bonds is 4. The fourth-order valence-electron chi connectivity index (χ4n) is 3.18. The largest absolute Gasteiger partial charge is 0.298 e. The van der Waals surface area contributed by atoms with E-state index in [0.717, 1.165) is 25.4 Å². The molecule has 1 saturated heterocycles. The Morgan fingerprint density at radius 2 is 1.90 bits per heavy atom. The summed E-state index contributed by atoms with van der Waals surface area (Å²) in [5, 5.41) is 0. The Kier molecular flexibility index (Phi) is 5.51. The molecular formula is C15H29N3OS. The van der Waals surface area contributed by atoms with Gasteiger partial charge in [-0.25, -0.2) is 10.9 Å². The lowest BCUT2D eigenvalue weighted by Gasteiger charge is -2.36. The molecule has 1 aliphatic carbocycles. The SMILES string of the molecule is CN1CNNC1SCC(=O)C1CCC(C(C)(C)C)CC1. The van der Waals surface area contributed by atoms with E-state index < -0.39 is 0 Å². The van der Waals surface area contributed by atoms with E-state index in [0.29, 0.717) is 22.9 Å².